The summed E-state index contributed by atoms with van der Waals surface area (Å²) in [7, 11) is 0. The van der Waals surface area contributed by atoms with Crippen molar-refractivity contribution in [1.29, 1.82) is 0 Å². The van der Waals surface area contributed by atoms with E-state index in [1.807, 2.05) is 4.90 Å². The van der Waals surface area contributed by atoms with Crippen molar-refractivity contribution in [2.24, 2.45) is 16.6 Å². The second-order valence-corrected chi connectivity index (χ2v) is 13.0. The molecule has 0 amide bonds. The number of nitrogens with two attached hydrogens (primary N) is 1. The number of ether oxygens (including phenoxy) is 1. The van der Waals surface area contributed by atoms with Crippen LogP contribution in [0.5, 0.6) is 0 Å². The van der Waals surface area contributed by atoms with Crippen molar-refractivity contribution in [3.63, 3.8) is 0 Å². The number of aliphatic imine (C=N–C) groups is 1. The lowest BCUT2D eigenvalue weighted by Crippen LogP contribution is -2.58. The molecule has 11 nitrogen and oxygen atoms in total. The van der Waals surface area contributed by atoms with Crippen LogP contribution in [0.3, 0.4) is 0 Å². The number of aliphatic hydroxyl groups excluding tert-OH is 2. The van der Waals surface area contributed by atoms with E-state index in [1.54, 1.807) is 0 Å². The molecule has 3 unspecified atom stereocenters. The maximum Gasteiger partial charge on any atom is 0.161 e. The predicted molar refractivity (Wildman–Crippen MR) is 155 cm³/mol. The van der Waals surface area contributed by atoms with Crippen LogP contribution < -0.4 is 27.0 Å². The highest BCUT2D eigenvalue weighted by Crippen LogP contribution is 2.44. The Balaban J connectivity index is 0.901. The average Bonchev–Trinajstić information content (AvgIpc) is 3.45. The summed E-state index contributed by atoms with van der Waals surface area (Å²) in [6.07, 6.45) is 4.33. The maximum absolute atomic E-state index is 11.0. The molecule has 220 valence electrons. The smallest absolute Gasteiger partial charge is 0.161 e. The average molecular weight is 555 g/mol. The number of fused-ring (bicyclic) bond motifs is 2. The zero-order chi connectivity index (χ0) is 27.5. The van der Waals surface area contributed by atoms with Crippen molar-refractivity contribution in [3.05, 3.63) is 23.8 Å². The minimum absolute atomic E-state index is 0.121. The quantitative estimate of drug-likeness (QED) is 0.236. The van der Waals surface area contributed by atoms with Gasteiger partial charge in [-0.2, -0.15) is 0 Å². The molecule has 11 heteroatoms. The third-order valence-corrected chi connectivity index (χ3v) is 9.97. The fourth-order valence-corrected chi connectivity index (χ4v) is 7.36. The second-order valence-electron chi connectivity index (χ2n) is 13.0. The summed E-state index contributed by atoms with van der Waals surface area (Å²) in [5.74, 6) is 2.28. The molecule has 8 N–H and O–H groups in total. The second kappa shape index (κ2) is 10.7. The van der Waals surface area contributed by atoms with Crippen LogP contribution in [0.4, 0.5) is 11.4 Å². The molecule has 4 aliphatic heterocycles. The highest BCUT2D eigenvalue weighted by atomic mass is 16.6. The first-order chi connectivity index (χ1) is 19.4. The van der Waals surface area contributed by atoms with Gasteiger partial charge in [-0.1, -0.05) is 6.07 Å². The molecule has 2 saturated carbocycles. The largest absolute Gasteiger partial charge is 0.387 e. The topological polar surface area (TPSA) is 143 Å². The number of benzene rings is 1. The van der Waals surface area contributed by atoms with Crippen molar-refractivity contribution in [2.75, 3.05) is 30.5 Å². The Morgan fingerprint density at radius 3 is 2.67 bits per heavy atom. The fourth-order valence-electron chi connectivity index (χ4n) is 7.36. The molecular weight excluding hydrogens is 508 g/mol. The summed E-state index contributed by atoms with van der Waals surface area (Å²) in [6, 6.07) is 7.55. The van der Waals surface area contributed by atoms with Crippen LogP contribution in [0.1, 0.15) is 63.9 Å². The van der Waals surface area contributed by atoms with Crippen molar-refractivity contribution in [2.45, 2.75) is 113 Å². The molecule has 40 heavy (non-hydrogen) atoms. The summed E-state index contributed by atoms with van der Waals surface area (Å²) in [5, 5.41) is 35.8. The zero-order valence-electron chi connectivity index (χ0n) is 23.7. The van der Waals surface area contributed by atoms with Gasteiger partial charge in [-0.15, -0.1) is 0 Å². The third-order valence-electron chi connectivity index (χ3n) is 9.97. The van der Waals surface area contributed by atoms with E-state index in [0.717, 1.165) is 31.0 Å². The summed E-state index contributed by atoms with van der Waals surface area (Å²) in [6.45, 7) is 5.94. The lowest BCUT2D eigenvalue weighted by Gasteiger charge is -2.46. The molecule has 0 spiro atoms. The van der Waals surface area contributed by atoms with Crippen molar-refractivity contribution in [1.82, 2.24) is 20.4 Å². The molecule has 1 aromatic carbocycles. The molecule has 7 atom stereocenters. The van der Waals surface area contributed by atoms with Gasteiger partial charge in [0, 0.05) is 18.6 Å². The first kappa shape index (κ1) is 26.9. The highest BCUT2D eigenvalue weighted by molar-refractivity contribution is 5.90. The molecule has 6 aliphatic rings. The van der Waals surface area contributed by atoms with Crippen LogP contribution in [0.15, 0.2) is 23.2 Å². The first-order valence-corrected chi connectivity index (χ1v) is 15.3. The number of aliphatic hydroxyl groups is 2. The fraction of sp³-hybridized carbons (Fsp3) is 0.759. The van der Waals surface area contributed by atoms with Crippen LogP contribution >= 0.6 is 0 Å². The number of anilines is 2. The van der Waals surface area contributed by atoms with Gasteiger partial charge in [-0.3, -0.25) is 20.5 Å². The minimum Gasteiger partial charge on any atom is -0.387 e. The summed E-state index contributed by atoms with van der Waals surface area (Å²) >= 11 is 0. The van der Waals surface area contributed by atoms with E-state index in [4.69, 9.17) is 10.5 Å². The van der Waals surface area contributed by atoms with Crippen molar-refractivity contribution in [3.8, 4) is 0 Å². The van der Waals surface area contributed by atoms with Crippen LogP contribution in [-0.4, -0.2) is 101 Å². The normalized spacial score (nSPS) is 38.6. The van der Waals surface area contributed by atoms with E-state index >= 15 is 0 Å². The summed E-state index contributed by atoms with van der Waals surface area (Å²) in [4.78, 5) is 8.96. The maximum atomic E-state index is 11.0. The molecule has 4 fully saturated rings. The Bertz CT molecular complexity index is 1110. The predicted octanol–water partition coefficient (Wildman–Crippen LogP) is 0.919. The minimum atomic E-state index is -1.00. The van der Waals surface area contributed by atoms with Crippen molar-refractivity contribution < 1.29 is 14.9 Å². The van der Waals surface area contributed by atoms with Gasteiger partial charge >= 0.3 is 0 Å². The lowest BCUT2D eigenvalue weighted by molar-refractivity contribution is -0.0761. The number of nitrogens with zero attached hydrogens (tertiary/aromatic N) is 3. The molecule has 1 aromatic rings. The standard InChI is InChI=1S/C29H46N8O3/c1-15(2)36(12-22-25(38)26(39)29(40-22)37-14-33-24-27(30)31-13-32-28(24)37)19-9-16(10-19)3-8-23-34-20-7-6-18(17-4-5-17)11-21(20)35-23/h6-7,11,15-17,19,22-27,29,31,33-35,38-39H,3-5,8-10,12-14,30H2,1-2H3/t16?,19?,22-,23?,24?,25-,26-,27?,29-/m1/s1. The molecule has 0 radical (unpaired) electrons. The van der Waals surface area contributed by atoms with Crippen LogP contribution in [0.2, 0.25) is 0 Å². The van der Waals surface area contributed by atoms with Crippen LogP contribution in [-0.2, 0) is 4.74 Å². The monoisotopic (exact) mass is 554 g/mol. The van der Waals surface area contributed by atoms with Gasteiger partial charge in [0.05, 0.1) is 43.1 Å². The third kappa shape index (κ3) is 4.99. The van der Waals surface area contributed by atoms with E-state index in [1.165, 1.54) is 36.2 Å². The highest BCUT2D eigenvalue weighted by Gasteiger charge is 2.51. The van der Waals surface area contributed by atoms with Gasteiger partial charge in [-0.25, -0.2) is 0 Å². The zero-order valence-corrected chi connectivity index (χ0v) is 23.7. The van der Waals surface area contributed by atoms with E-state index in [0.29, 0.717) is 44.0 Å². The molecule has 2 saturated heterocycles. The Hall–Kier alpha value is -1.99. The van der Waals surface area contributed by atoms with Gasteiger partial charge in [0.25, 0.3) is 0 Å². The Labute approximate surface area is 236 Å². The van der Waals surface area contributed by atoms with Gasteiger partial charge in [0.15, 0.2) is 6.23 Å². The molecular formula is C29H46N8O3. The summed E-state index contributed by atoms with van der Waals surface area (Å²) in [5.41, 5.74) is 10.2. The summed E-state index contributed by atoms with van der Waals surface area (Å²) < 4.78 is 6.34. The van der Waals surface area contributed by atoms with Crippen LogP contribution in [0, 0.1) is 5.92 Å². The number of nitrogens with one attached hydrogen (secondary N) is 4. The number of amidine groups is 1. The van der Waals surface area contributed by atoms with E-state index in [2.05, 4.69) is 63.2 Å². The van der Waals surface area contributed by atoms with Gasteiger partial charge in [0.1, 0.15) is 24.1 Å². The SMILES string of the molecule is CC(C)N(C[C@H]1O[C@@H](N2CNC3C2=NCNC3N)[C@H](O)[C@@H]1O)C1CC(CCC2Nc3ccc(C4CC4)cc3N2)C1. The Morgan fingerprint density at radius 1 is 1.10 bits per heavy atom. The van der Waals surface area contributed by atoms with Crippen LogP contribution in [0.25, 0.3) is 0 Å². The number of hydrogen-bond acceptors (Lipinski definition) is 11. The van der Waals surface area contributed by atoms with E-state index in [-0.39, 0.29) is 12.2 Å². The van der Waals surface area contributed by atoms with E-state index < -0.39 is 24.5 Å². The Morgan fingerprint density at radius 2 is 1.90 bits per heavy atom. The molecule has 0 aromatic heterocycles. The van der Waals surface area contributed by atoms with Gasteiger partial charge in [0.2, 0.25) is 0 Å². The molecule has 2 aliphatic carbocycles. The number of hydrogen-bond donors (Lipinski definition) is 7. The van der Waals surface area contributed by atoms with Gasteiger partial charge < -0.3 is 36.2 Å². The van der Waals surface area contributed by atoms with Crippen molar-refractivity contribution >= 4 is 17.2 Å². The lowest BCUT2D eigenvalue weighted by atomic mass is 9.76. The molecule has 4 heterocycles. The molecule has 7 rings (SSSR count). The van der Waals surface area contributed by atoms with E-state index in [9.17, 15) is 10.2 Å². The Kier molecular flexibility index (Phi) is 7.18. The molecule has 0 bridgehead atoms. The van der Waals surface area contributed by atoms with Gasteiger partial charge in [-0.05, 0) is 81.9 Å². The first-order valence-electron chi connectivity index (χ1n) is 15.3. The number of rotatable bonds is 9.